The van der Waals surface area contributed by atoms with Crippen molar-refractivity contribution in [3.8, 4) is 5.75 Å². The van der Waals surface area contributed by atoms with Crippen molar-refractivity contribution in [3.63, 3.8) is 0 Å². The normalized spacial score (nSPS) is 9.19. The first-order chi connectivity index (χ1) is 7.85. The second kappa shape index (κ2) is 12.1. The van der Waals surface area contributed by atoms with E-state index in [9.17, 15) is 0 Å². The molecule has 1 aromatic carbocycles. The van der Waals surface area contributed by atoms with Gasteiger partial charge in [-0.2, -0.15) is 0 Å². The number of unbranched alkanes of at least 4 members (excludes halogenated alkanes) is 3. The van der Waals surface area contributed by atoms with Gasteiger partial charge in [0.15, 0.2) is 0 Å². The summed E-state index contributed by atoms with van der Waals surface area (Å²) in [6.45, 7) is 5.79. The number of hydrogen-bond donors (Lipinski definition) is 1. The molecule has 0 fully saturated rings. The number of benzene rings is 1. The zero-order valence-corrected chi connectivity index (χ0v) is 10.6. The van der Waals surface area contributed by atoms with Crippen LogP contribution in [0.3, 0.4) is 0 Å². The summed E-state index contributed by atoms with van der Waals surface area (Å²) in [5.41, 5.74) is 5.27. The lowest BCUT2D eigenvalue weighted by Crippen LogP contribution is -1.97. The highest BCUT2D eigenvalue weighted by atomic mass is 16.5. The summed E-state index contributed by atoms with van der Waals surface area (Å²) < 4.78 is 5.21. The molecule has 0 aromatic heterocycles. The maximum absolute atomic E-state index is 5.27. The number of hydrogen-bond acceptors (Lipinski definition) is 2. The first-order valence-corrected chi connectivity index (χ1v) is 6.23. The molecule has 0 aliphatic heterocycles. The highest BCUT2D eigenvalue weighted by Gasteiger charge is 1.83. The summed E-state index contributed by atoms with van der Waals surface area (Å²) in [6.07, 6.45) is 5.16. The zero-order valence-electron chi connectivity index (χ0n) is 10.6. The largest absolute Gasteiger partial charge is 0.494 e. The van der Waals surface area contributed by atoms with E-state index in [1.165, 1.54) is 25.7 Å². The lowest BCUT2D eigenvalue weighted by Gasteiger charge is -1.99. The molecule has 92 valence electrons. The van der Waals surface area contributed by atoms with Crippen molar-refractivity contribution in [2.24, 2.45) is 5.73 Å². The van der Waals surface area contributed by atoms with Crippen molar-refractivity contribution < 1.29 is 4.74 Å². The smallest absolute Gasteiger partial charge is 0.119 e. The summed E-state index contributed by atoms with van der Waals surface area (Å²) in [5.74, 6) is 0.944. The van der Waals surface area contributed by atoms with Crippen LogP contribution in [0.25, 0.3) is 0 Å². The van der Waals surface area contributed by atoms with Crippen molar-refractivity contribution in [2.45, 2.75) is 39.5 Å². The van der Waals surface area contributed by atoms with E-state index in [4.69, 9.17) is 10.5 Å². The Morgan fingerprint density at radius 3 is 2.19 bits per heavy atom. The molecule has 0 spiro atoms. The van der Waals surface area contributed by atoms with Crippen molar-refractivity contribution in [1.29, 1.82) is 0 Å². The van der Waals surface area contributed by atoms with E-state index in [0.29, 0.717) is 0 Å². The van der Waals surface area contributed by atoms with E-state index in [-0.39, 0.29) is 0 Å². The monoisotopic (exact) mass is 223 g/mol. The molecule has 16 heavy (non-hydrogen) atoms. The molecule has 0 heterocycles. The van der Waals surface area contributed by atoms with E-state index in [2.05, 4.69) is 6.92 Å². The van der Waals surface area contributed by atoms with Gasteiger partial charge in [0.1, 0.15) is 5.75 Å². The average molecular weight is 223 g/mol. The van der Waals surface area contributed by atoms with Crippen molar-refractivity contribution >= 4 is 0 Å². The third-order valence-electron chi connectivity index (χ3n) is 2.11. The molecule has 2 nitrogen and oxygen atoms in total. The van der Waals surface area contributed by atoms with E-state index < -0.39 is 0 Å². The first-order valence-electron chi connectivity index (χ1n) is 6.23. The Morgan fingerprint density at radius 1 is 1.00 bits per heavy atom. The second-order valence-corrected chi connectivity index (χ2v) is 3.60. The Labute approximate surface area is 99.8 Å². The van der Waals surface area contributed by atoms with Crippen LogP contribution in [-0.4, -0.2) is 13.2 Å². The molecule has 2 heteroatoms. The molecule has 0 radical (unpaired) electrons. The maximum atomic E-state index is 5.27. The van der Waals surface area contributed by atoms with Gasteiger partial charge in [-0.05, 0) is 32.0 Å². The predicted molar refractivity (Wildman–Crippen MR) is 70.8 cm³/mol. The number of para-hydroxylation sites is 1. The molecule has 0 atom stereocenters. The van der Waals surface area contributed by atoms with Crippen LogP contribution in [0.5, 0.6) is 5.75 Å². The molecule has 0 amide bonds. The minimum Gasteiger partial charge on any atom is -0.494 e. The molecule has 0 saturated carbocycles. The van der Waals surface area contributed by atoms with Gasteiger partial charge in [-0.1, -0.05) is 44.4 Å². The van der Waals surface area contributed by atoms with Gasteiger partial charge >= 0.3 is 0 Å². The van der Waals surface area contributed by atoms with Crippen molar-refractivity contribution in [2.75, 3.05) is 13.2 Å². The fraction of sp³-hybridized carbons (Fsp3) is 0.571. The molecule has 1 rings (SSSR count). The van der Waals surface area contributed by atoms with Crippen LogP contribution >= 0.6 is 0 Å². The summed E-state index contributed by atoms with van der Waals surface area (Å²) >= 11 is 0. The molecule has 0 unspecified atom stereocenters. The van der Waals surface area contributed by atoms with Crippen LogP contribution in [0.2, 0.25) is 0 Å². The van der Waals surface area contributed by atoms with E-state index >= 15 is 0 Å². The topological polar surface area (TPSA) is 35.2 Å². The highest BCUT2D eigenvalue weighted by Crippen LogP contribution is 2.06. The molecular formula is C14H25NO. The molecule has 1 aromatic rings. The van der Waals surface area contributed by atoms with Crippen molar-refractivity contribution in [3.05, 3.63) is 30.3 Å². The van der Waals surface area contributed by atoms with Gasteiger partial charge in [0.25, 0.3) is 0 Å². The molecular weight excluding hydrogens is 198 g/mol. The quantitative estimate of drug-likeness (QED) is 0.748. The number of rotatable bonds is 6. The van der Waals surface area contributed by atoms with Gasteiger partial charge in [0, 0.05) is 0 Å². The van der Waals surface area contributed by atoms with Crippen LogP contribution in [-0.2, 0) is 0 Å². The lowest BCUT2D eigenvalue weighted by atomic mass is 10.2. The van der Waals surface area contributed by atoms with Crippen LogP contribution in [0, 0.1) is 0 Å². The second-order valence-electron chi connectivity index (χ2n) is 3.60. The molecule has 0 aliphatic rings. The van der Waals surface area contributed by atoms with Crippen LogP contribution in [0.15, 0.2) is 30.3 Å². The SMILES string of the molecule is CCCCCCN.CCOc1ccccc1. The van der Waals surface area contributed by atoms with Gasteiger partial charge in [0.2, 0.25) is 0 Å². The highest BCUT2D eigenvalue weighted by molar-refractivity contribution is 5.20. The Morgan fingerprint density at radius 2 is 1.69 bits per heavy atom. The van der Waals surface area contributed by atoms with E-state index in [1.54, 1.807) is 0 Å². The number of ether oxygens (including phenoxy) is 1. The molecule has 0 aliphatic carbocycles. The van der Waals surface area contributed by atoms with Gasteiger partial charge in [-0.15, -0.1) is 0 Å². The Balaban J connectivity index is 0.000000293. The van der Waals surface area contributed by atoms with Gasteiger partial charge in [-0.3, -0.25) is 0 Å². The summed E-state index contributed by atoms with van der Waals surface area (Å²) in [5, 5.41) is 0. The average Bonchev–Trinajstić information content (AvgIpc) is 2.32. The van der Waals surface area contributed by atoms with Crippen LogP contribution in [0.4, 0.5) is 0 Å². The van der Waals surface area contributed by atoms with Gasteiger partial charge in [-0.25, -0.2) is 0 Å². The lowest BCUT2D eigenvalue weighted by molar-refractivity contribution is 0.340. The zero-order chi connectivity index (χ0) is 12.1. The number of nitrogens with two attached hydrogens (primary N) is 1. The first kappa shape index (κ1) is 15.0. The Kier molecular flexibility index (Phi) is 11.3. The summed E-state index contributed by atoms with van der Waals surface area (Å²) in [6, 6.07) is 9.80. The van der Waals surface area contributed by atoms with Gasteiger partial charge in [0.05, 0.1) is 6.61 Å². The van der Waals surface area contributed by atoms with Crippen molar-refractivity contribution in [1.82, 2.24) is 0 Å². The van der Waals surface area contributed by atoms with Gasteiger partial charge < -0.3 is 10.5 Å². The minimum atomic E-state index is 0.740. The standard InChI is InChI=1S/C8H10O.C6H15N/c1-2-9-8-6-4-3-5-7-8;1-2-3-4-5-6-7/h3-7H,2H2,1H3;2-7H2,1H3. The maximum Gasteiger partial charge on any atom is 0.119 e. The summed E-state index contributed by atoms with van der Waals surface area (Å²) in [7, 11) is 0. The fourth-order valence-electron chi connectivity index (χ4n) is 1.25. The van der Waals surface area contributed by atoms with Crippen LogP contribution < -0.4 is 10.5 Å². The third-order valence-corrected chi connectivity index (χ3v) is 2.11. The Hall–Kier alpha value is -1.02. The van der Waals surface area contributed by atoms with E-state index in [1.807, 2.05) is 37.3 Å². The fourth-order valence-corrected chi connectivity index (χ4v) is 1.25. The molecule has 2 N–H and O–H groups in total. The Bertz CT molecular complexity index is 219. The third kappa shape index (κ3) is 9.53. The molecule has 0 bridgehead atoms. The predicted octanol–water partition coefficient (Wildman–Crippen LogP) is 3.61. The summed E-state index contributed by atoms with van der Waals surface area (Å²) in [4.78, 5) is 0. The van der Waals surface area contributed by atoms with Crippen LogP contribution in [0.1, 0.15) is 39.5 Å². The van der Waals surface area contributed by atoms with E-state index in [0.717, 1.165) is 18.9 Å². The minimum absolute atomic E-state index is 0.740. The molecule has 0 saturated heterocycles.